The van der Waals surface area contributed by atoms with E-state index in [1.165, 1.54) is 50.6 Å². The van der Waals surface area contributed by atoms with Gasteiger partial charge >= 0.3 is 11.9 Å². The summed E-state index contributed by atoms with van der Waals surface area (Å²) in [4.78, 5) is 28.7. The molecule has 0 fully saturated rings. The first-order valence-electron chi connectivity index (χ1n) is 11.3. The van der Waals surface area contributed by atoms with E-state index in [0.717, 1.165) is 0 Å². The van der Waals surface area contributed by atoms with Crippen LogP contribution in [0.2, 0.25) is 0 Å². The maximum atomic E-state index is 13.5. The predicted molar refractivity (Wildman–Crippen MR) is 137 cm³/mol. The number of rotatable bonds is 9. The van der Waals surface area contributed by atoms with E-state index in [1.54, 1.807) is 38.1 Å². The summed E-state index contributed by atoms with van der Waals surface area (Å²) in [5.41, 5.74) is 1.50. The van der Waals surface area contributed by atoms with Gasteiger partial charge in [-0.15, -0.1) is 0 Å². The van der Waals surface area contributed by atoms with Crippen LogP contribution in [0, 0.1) is 11.6 Å². The molecule has 1 heterocycles. The monoisotopic (exact) mass is 528 g/mol. The molecule has 1 N–H and O–H groups in total. The van der Waals surface area contributed by atoms with Gasteiger partial charge in [-0.1, -0.05) is 36.5 Å². The largest absolute Gasteiger partial charge is 0.493 e. The van der Waals surface area contributed by atoms with Crippen LogP contribution in [0.3, 0.4) is 0 Å². The minimum absolute atomic E-state index is 0.0246. The molecule has 0 radical (unpaired) electrons. The van der Waals surface area contributed by atoms with Gasteiger partial charge in [0.2, 0.25) is 5.75 Å². The Kier molecular flexibility index (Phi) is 9.24. The van der Waals surface area contributed by atoms with Crippen LogP contribution in [0.1, 0.15) is 43.5 Å². The predicted octanol–water partition coefficient (Wildman–Crippen LogP) is 4.71. The van der Waals surface area contributed by atoms with Gasteiger partial charge in [-0.25, -0.2) is 18.6 Å². The number of ether oxygens (including phenoxy) is 3. The fraction of sp³-hybridized carbons (Fsp3) is 0.259. The molecule has 0 unspecified atom stereocenters. The molecule has 37 heavy (non-hydrogen) atoms. The molecule has 10 heteroatoms. The van der Waals surface area contributed by atoms with Gasteiger partial charge in [-0.05, 0) is 49.2 Å². The zero-order valence-corrected chi connectivity index (χ0v) is 21.5. The van der Waals surface area contributed by atoms with Crippen molar-refractivity contribution in [1.82, 2.24) is 10.3 Å². The number of hydrogen-bond acceptors (Lipinski definition) is 7. The third-order valence-electron chi connectivity index (χ3n) is 5.48. The molecule has 0 aliphatic heterocycles. The molecule has 0 saturated heterocycles. The molecule has 2 atom stereocenters. The molecule has 0 aliphatic carbocycles. The first-order chi connectivity index (χ1) is 17.6. The number of benzene rings is 2. The number of thiocarbonyl (C=S) groups is 1. The molecule has 194 valence electrons. The van der Waals surface area contributed by atoms with E-state index in [4.69, 9.17) is 26.4 Å². The number of aromatic nitrogens is 1. The van der Waals surface area contributed by atoms with Crippen molar-refractivity contribution < 1.29 is 32.6 Å². The van der Waals surface area contributed by atoms with E-state index in [0.29, 0.717) is 11.1 Å². The van der Waals surface area contributed by atoms with Crippen molar-refractivity contribution in [2.75, 3.05) is 7.11 Å². The van der Waals surface area contributed by atoms with Crippen LogP contribution in [-0.4, -0.2) is 41.2 Å². The number of carbonyl (C=O) groups excluding carboxylic acids is 2. The minimum Gasteiger partial charge on any atom is -0.493 e. The first-order valence-corrected chi connectivity index (χ1v) is 11.7. The van der Waals surface area contributed by atoms with Crippen molar-refractivity contribution >= 4 is 29.1 Å². The van der Waals surface area contributed by atoms with Crippen LogP contribution in [0.25, 0.3) is 0 Å². The number of nitrogens with one attached hydrogen (secondary N) is 1. The van der Waals surface area contributed by atoms with Crippen molar-refractivity contribution in [3.8, 4) is 11.5 Å². The molecule has 2 aromatic carbocycles. The van der Waals surface area contributed by atoms with Crippen molar-refractivity contribution in [3.63, 3.8) is 0 Å². The van der Waals surface area contributed by atoms with Crippen molar-refractivity contribution in [1.29, 1.82) is 0 Å². The lowest BCUT2D eigenvalue weighted by Gasteiger charge is -2.27. The summed E-state index contributed by atoms with van der Waals surface area (Å²) in [5.74, 6) is -2.25. The summed E-state index contributed by atoms with van der Waals surface area (Å²) < 4.78 is 43.3. The Balaban J connectivity index is 1.78. The summed E-state index contributed by atoms with van der Waals surface area (Å²) in [6.07, 6.45) is 0.726. The second kappa shape index (κ2) is 12.4. The summed E-state index contributed by atoms with van der Waals surface area (Å²) in [7, 11) is 1.41. The average molecular weight is 529 g/mol. The highest BCUT2D eigenvalue weighted by atomic mass is 32.1. The SMILES string of the molecule is COc1ccnc(C(=S)N[C@H](C)C(=O)O[C@@H](C)C(c2ccc(F)cc2)c2ccc(F)cc2)c1OC(C)=O. The third kappa shape index (κ3) is 7.07. The average Bonchev–Trinajstić information content (AvgIpc) is 2.86. The third-order valence-corrected chi connectivity index (χ3v) is 5.79. The summed E-state index contributed by atoms with van der Waals surface area (Å²) >= 11 is 5.41. The van der Waals surface area contributed by atoms with Crippen LogP contribution in [0.15, 0.2) is 60.8 Å². The molecule has 7 nitrogen and oxygen atoms in total. The smallest absolute Gasteiger partial charge is 0.328 e. The number of pyridine rings is 1. The quantitative estimate of drug-likeness (QED) is 0.316. The van der Waals surface area contributed by atoms with Crippen LogP contribution in [0.4, 0.5) is 8.78 Å². The summed E-state index contributed by atoms with van der Waals surface area (Å²) in [5, 5.41) is 2.85. The highest BCUT2D eigenvalue weighted by molar-refractivity contribution is 7.80. The van der Waals surface area contributed by atoms with E-state index >= 15 is 0 Å². The highest BCUT2D eigenvalue weighted by Crippen LogP contribution is 2.31. The van der Waals surface area contributed by atoms with Crippen molar-refractivity contribution in [3.05, 3.63) is 89.2 Å². The number of carbonyl (C=O) groups is 2. The number of methoxy groups -OCH3 is 1. The summed E-state index contributed by atoms with van der Waals surface area (Å²) in [6, 6.07) is 12.2. The topological polar surface area (TPSA) is 86.8 Å². The minimum atomic E-state index is -0.907. The van der Waals surface area contributed by atoms with E-state index in [-0.39, 0.29) is 22.2 Å². The standard InChI is InChI=1S/C27H26F2N2O5S/c1-15(31-26(37)24-25(36-17(3)32)22(34-4)13-14-30-24)27(33)35-16(2)23(18-5-9-20(28)10-6-18)19-7-11-21(29)12-8-19/h5-16,23H,1-4H3,(H,31,37)/t15-,16+/m1/s1. The first kappa shape index (κ1) is 27.7. The van der Waals surface area contributed by atoms with Gasteiger partial charge in [-0.3, -0.25) is 4.79 Å². The lowest BCUT2D eigenvalue weighted by atomic mass is 9.87. The molecular formula is C27H26F2N2O5S. The fourth-order valence-electron chi connectivity index (χ4n) is 3.75. The second-order valence-electron chi connectivity index (χ2n) is 8.20. The molecule has 3 rings (SSSR count). The number of hydrogen-bond donors (Lipinski definition) is 1. The number of esters is 2. The van der Waals surface area contributed by atoms with Crippen molar-refractivity contribution in [2.45, 2.75) is 38.8 Å². The highest BCUT2D eigenvalue weighted by Gasteiger charge is 2.28. The lowest BCUT2D eigenvalue weighted by molar-refractivity contribution is -0.150. The normalized spacial score (nSPS) is 12.4. The van der Waals surface area contributed by atoms with Crippen LogP contribution >= 0.6 is 12.2 Å². The van der Waals surface area contributed by atoms with Crippen LogP contribution < -0.4 is 14.8 Å². The number of halogens is 2. The summed E-state index contributed by atoms with van der Waals surface area (Å²) in [6.45, 7) is 4.48. The molecule has 0 amide bonds. The van der Waals surface area contributed by atoms with Gasteiger partial charge in [0.25, 0.3) is 0 Å². The Labute approximate surface area is 218 Å². The molecule has 0 spiro atoms. The zero-order chi connectivity index (χ0) is 27.1. The fourth-order valence-corrected chi connectivity index (χ4v) is 4.07. The van der Waals surface area contributed by atoms with E-state index in [9.17, 15) is 18.4 Å². The Hall–Kier alpha value is -3.92. The maximum absolute atomic E-state index is 13.5. The van der Waals surface area contributed by atoms with Gasteiger partial charge in [-0.2, -0.15) is 0 Å². The lowest BCUT2D eigenvalue weighted by Crippen LogP contribution is -2.41. The van der Waals surface area contributed by atoms with Crippen LogP contribution in [0.5, 0.6) is 11.5 Å². The van der Waals surface area contributed by atoms with Gasteiger partial charge in [0, 0.05) is 25.1 Å². The Morgan fingerprint density at radius 2 is 1.49 bits per heavy atom. The zero-order valence-electron chi connectivity index (χ0n) is 20.7. The van der Waals surface area contributed by atoms with Crippen molar-refractivity contribution in [2.24, 2.45) is 0 Å². The van der Waals surface area contributed by atoms with Gasteiger partial charge in [0.1, 0.15) is 34.5 Å². The Morgan fingerprint density at radius 1 is 0.946 bits per heavy atom. The van der Waals surface area contributed by atoms with E-state index < -0.39 is 41.6 Å². The maximum Gasteiger partial charge on any atom is 0.328 e. The van der Waals surface area contributed by atoms with Crippen LogP contribution in [-0.2, 0) is 14.3 Å². The molecule has 1 aromatic heterocycles. The van der Waals surface area contributed by atoms with Gasteiger partial charge < -0.3 is 19.5 Å². The Morgan fingerprint density at radius 3 is 1.97 bits per heavy atom. The Bertz CT molecular complexity index is 1220. The molecular weight excluding hydrogens is 502 g/mol. The molecule has 0 saturated carbocycles. The number of nitrogens with zero attached hydrogens (tertiary/aromatic N) is 1. The molecule has 0 aliphatic rings. The van der Waals surface area contributed by atoms with E-state index in [1.807, 2.05) is 0 Å². The second-order valence-corrected chi connectivity index (χ2v) is 8.61. The molecule has 3 aromatic rings. The molecule has 0 bridgehead atoms. The van der Waals surface area contributed by atoms with Gasteiger partial charge in [0.15, 0.2) is 5.75 Å². The van der Waals surface area contributed by atoms with E-state index in [2.05, 4.69) is 10.3 Å². The van der Waals surface area contributed by atoms with Gasteiger partial charge in [0.05, 0.1) is 7.11 Å².